The van der Waals surface area contributed by atoms with Crippen molar-refractivity contribution in [1.82, 2.24) is 9.29 Å². The highest BCUT2D eigenvalue weighted by Gasteiger charge is 2.30. The highest BCUT2D eigenvalue weighted by atomic mass is 32.2. The van der Waals surface area contributed by atoms with Gasteiger partial charge < -0.3 is 16.0 Å². The molecule has 140 valence electrons. The van der Waals surface area contributed by atoms with Crippen LogP contribution in [0.15, 0.2) is 24.1 Å². The summed E-state index contributed by atoms with van der Waals surface area (Å²) in [5, 5.41) is 5.48. The number of nitrogens with zero attached hydrogens (tertiary/aromatic N) is 1. The van der Waals surface area contributed by atoms with E-state index in [1.165, 1.54) is 4.31 Å². The molecule has 26 heavy (non-hydrogen) atoms. The zero-order valence-corrected chi connectivity index (χ0v) is 15.8. The van der Waals surface area contributed by atoms with Gasteiger partial charge in [0.15, 0.2) is 0 Å². The minimum absolute atomic E-state index is 0.0181. The molecule has 0 radical (unpaired) electrons. The first kappa shape index (κ1) is 18.5. The van der Waals surface area contributed by atoms with Crippen LogP contribution in [0.3, 0.4) is 0 Å². The Morgan fingerprint density at radius 1 is 1.46 bits per heavy atom. The number of H-pyrrole nitrogens is 1. The van der Waals surface area contributed by atoms with Gasteiger partial charge in [-0.05, 0) is 37.5 Å². The molecule has 0 saturated carbocycles. The van der Waals surface area contributed by atoms with E-state index in [1.807, 2.05) is 26.0 Å². The van der Waals surface area contributed by atoms with Crippen LogP contribution in [-0.4, -0.2) is 42.7 Å². The summed E-state index contributed by atoms with van der Waals surface area (Å²) in [6, 6.07) is 3.84. The number of hydrogen-bond acceptors (Lipinski definition) is 4. The van der Waals surface area contributed by atoms with Gasteiger partial charge in [0.05, 0.1) is 11.9 Å². The second kappa shape index (κ2) is 6.77. The highest BCUT2D eigenvalue weighted by Crippen LogP contribution is 2.33. The summed E-state index contributed by atoms with van der Waals surface area (Å²) in [7, 11) is -3.39. The normalized spacial score (nSPS) is 18.3. The van der Waals surface area contributed by atoms with Gasteiger partial charge in [-0.2, -0.15) is 4.31 Å². The van der Waals surface area contributed by atoms with E-state index in [1.54, 1.807) is 0 Å². The average molecular weight is 376 g/mol. The monoisotopic (exact) mass is 376 g/mol. The molecule has 1 unspecified atom stereocenters. The van der Waals surface area contributed by atoms with Gasteiger partial charge in [-0.1, -0.05) is 12.6 Å². The number of sulfonamides is 1. The molecule has 1 aromatic heterocycles. The lowest BCUT2D eigenvalue weighted by molar-refractivity contribution is -0.117. The minimum Gasteiger partial charge on any atom is -0.380 e. The number of carbonyl (C=O) groups excluding carboxylic acids is 1. The van der Waals surface area contributed by atoms with Crippen molar-refractivity contribution >= 4 is 32.5 Å². The Labute approximate surface area is 153 Å². The number of hydrogen-bond donors (Lipinski definition) is 3. The fourth-order valence-electron chi connectivity index (χ4n) is 3.50. The van der Waals surface area contributed by atoms with Crippen molar-refractivity contribution in [3.8, 4) is 0 Å². The smallest absolute Gasteiger partial charge is 0.235 e. The van der Waals surface area contributed by atoms with E-state index in [4.69, 9.17) is 5.73 Å². The molecule has 7 nitrogen and oxygen atoms in total. The minimum atomic E-state index is -3.39. The molecule has 1 fully saturated rings. The number of aryl methyl sites for hydroxylation is 2. The van der Waals surface area contributed by atoms with Crippen molar-refractivity contribution in [2.75, 3.05) is 18.4 Å². The van der Waals surface area contributed by atoms with Gasteiger partial charge in [0.25, 0.3) is 0 Å². The van der Waals surface area contributed by atoms with E-state index in [-0.39, 0.29) is 18.4 Å². The maximum Gasteiger partial charge on any atom is 0.235 e. The third-order valence-corrected chi connectivity index (χ3v) is 6.46. The molecule has 0 bridgehead atoms. The van der Waals surface area contributed by atoms with E-state index in [9.17, 15) is 13.2 Å². The van der Waals surface area contributed by atoms with Gasteiger partial charge in [-0.15, -0.1) is 0 Å². The number of benzene rings is 1. The zero-order valence-electron chi connectivity index (χ0n) is 15.0. The molecule has 1 atom stereocenters. The van der Waals surface area contributed by atoms with Crippen molar-refractivity contribution in [2.24, 2.45) is 5.73 Å². The lowest BCUT2D eigenvalue weighted by atomic mass is 10.0. The number of nitrogens with one attached hydrogen (secondary N) is 2. The molecule has 8 heteroatoms. The van der Waals surface area contributed by atoms with E-state index in [0.717, 1.165) is 45.2 Å². The Bertz CT molecular complexity index is 978. The maximum absolute atomic E-state index is 11.9. The van der Waals surface area contributed by atoms with Gasteiger partial charge in [-0.3, -0.25) is 4.79 Å². The second-order valence-corrected chi connectivity index (χ2v) is 8.62. The molecule has 1 saturated heterocycles. The topological polar surface area (TPSA) is 108 Å². The fourth-order valence-corrected chi connectivity index (χ4v) is 4.46. The molecule has 1 amide bonds. The van der Waals surface area contributed by atoms with Crippen molar-refractivity contribution in [2.45, 2.75) is 32.7 Å². The summed E-state index contributed by atoms with van der Waals surface area (Å²) >= 11 is 0. The lowest BCUT2D eigenvalue weighted by Crippen LogP contribution is -2.30. The largest absolute Gasteiger partial charge is 0.380 e. The summed E-state index contributed by atoms with van der Waals surface area (Å²) < 4.78 is 25.3. The van der Waals surface area contributed by atoms with Gasteiger partial charge in [0.1, 0.15) is 0 Å². The number of primary amides is 1. The Balaban J connectivity index is 1.92. The first-order chi connectivity index (χ1) is 12.2. The molecule has 1 aromatic carbocycles. The first-order valence-electron chi connectivity index (χ1n) is 8.51. The number of fused-ring (bicyclic) bond motifs is 1. The highest BCUT2D eigenvalue weighted by molar-refractivity contribution is 7.92. The third kappa shape index (κ3) is 3.34. The van der Waals surface area contributed by atoms with E-state index in [2.05, 4.69) is 16.9 Å². The standard InChI is InChI=1S/C18H24N4O3S/c1-4-26(24,25)22-8-7-14(10-22)21-15-6-5-13(9-16(19)23)18-17(15)11(2)12(3)20-18/h4-6,14,20-21H,1,7-10H2,2-3H3,(H2,19,23). The quantitative estimate of drug-likeness (QED) is 0.714. The second-order valence-electron chi connectivity index (χ2n) is 6.74. The first-order valence-corrected chi connectivity index (χ1v) is 10.0. The Morgan fingerprint density at radius 3 is 2.85 bits per heavy atom. The van der Waals surface area contributed by atoms with Crippen LogP contribution < -0.4 is 11.1 Å². The molecular weight excluding hydrogens is 352 g/mol. The van der Waals surface area contributed by atoms with Crippen molar-refractivity contribution < 1.29 is 13.2 Å². The van der Waals surface area contributed by atoms with Gasteiger partial charge in [0.2, 0.25) is 15.9 Å². The predicted octanol–water partition coefficient (Wildman–Crippen LogP) is 1.77. The van der Waals surface area contributed by atoms with Crippen molar-refractivity contribution in [3.05, 3.63) is 40.9 Å². The molecule has 1 aliphatic heterocycles. The van der Waals surface area contributed by atoms with Gasteiger partial charge in [-0.25, -0.2) is 8.42 Å². The Kier molecular flexibility index (Phi) is 4.81. The summed E-state index contributed by atoms with van der Waals surface area (Å²) in [6.45, 7) is 8.27. The SMILES string of the molecule is C=CS(=O)(=O)N1CCC(Nc2ccc(CC(N)=O)c3[nH]c(C)c(C)c23)C1. The maximum atomic E-state index is 11.9. The average Bonchev–Trinajstić information content (AvgIpc) is 3.16. The van der Waals surface area contributed by atoms with Crippen LogP contribution in [0.1, 0.15) is 23.2 Å². The molecule has 2 heterocycles. The molecule has 4 N–H and O–H groups in total. The molecule has 0 spiro atoms. The Hall–Kier alpha value is -2.32. The summed E-state index contributed by atoms with van der Waals surface area (Å²) in [4.78, 5) is 14.7. The number of carbonyl (C=O) groups is 1. The van der Waals surface area contributed by atoms with E-state index in [0.29, 0.717) is 13.1 Å². The van der Waals surface area contributed by atoms with Crippen LogP contribution in [-0.2, 0) is 21.2 Å². The van der Waals surface area contributed by atoms with Crippen LogP contribution in [0.25, 0.3) is 10.9 Å². The molecule has 2 aromatic rings. The summed E-state index contributed by atoms with van der Waals surface area (Å²) in [6.07, 6.45) is 0.894. The number of rotatable bonds is 6. The van der Waals surface area contributed by atoms with Crippen LogP contribution in [0.5, 0.6) is 0 Å². The van der Waals surface area contributed by atoms with Crippen molar-refractivity contribution in [1.29, 1.82) is 0 Å². The van der Waals surface area contributed by atoms with Gasteiger partial charge in [0, 0.05) is 41.3 Å². The molecule has 3 rings (SSSR count). The predicted molar refractivity (Wildman–Crippen MR) is 103 cm³/mol. The summed E-state index contributed by atoms with van der Waals surface area (Å²) in [5.41, 5.74) is 10.2. The molecular formula is C18H24N4O3S. The molecule has 0 aliphatic carbocycles. The number of aromatic amines is 1. The number of aromatic nitrogens is 1. The zero-order chi connectivity index (χ0) is 19.1. The van der Waals surface area contributed by atoms with E-state index < -0.39 is 10.0 Å². The van der Waals surface area contributed by atoms with E-state index >= 15 is 0 Å². The van der Waals surface area contributed by atoms with Crippen LogP contribution in [0.4, 0.5) is 5.69 Å². The Morgan fingerprint density at radius 2 is 2.19 bits per heavy atom. The van der Waals surface area contributed by atoms with Crippen LogP contribution in [0, 0.1) is 13.8 Å². The lowest BCUT2D eigenvalue weighted by Gasteiger charge is -2.17. The number of anilines is 1. The summed E-state index contributed by atoms with van der Waals surface area (Å²) in [5.74, 6) is -0.377. The number of nitrogens with two attached hydrogens (primary N) is 1. The third-order valence-electron chi connectivity index (χ3n) is 4.99. The van der Waals surface area contributed by atoms with Gasteiger partial charge >= 0.3 is 0 Å². The molecule has 1 aliphatic rings. The van der Waals surface area contributed by atoms with Crippen LogP contribution in [0.2, 0.25) is 0 Å². The van der Waals surface area contributed by atoms with Crippen molar-refractivity contribution in [3.63, 3.8) is 0 Å². The number of amides is 1. The fraction of sp³-hybridized carbons (Fsp3) is 0.389. The van der Waals surface area contributed by atoms with Crippen LogP contribution >= 0.6 is 0 Å².